The fraction of sp³-hybridized carbons (Fsp3) is 0.529. The van der Waals surface area contributed by atoms with Gasteiger partial charge in [-0.15, -0.1) is 0 Å². The van der Waals surface area contributed by atoms with Gasteiger partial charge in [-0.3, -0.25) is 4.90 Å². The molecule has 1 saturated heterocycles. The van der Waals surface area contributed by atoms with Crippen LogP contribution >= 0.6 is 0 Å². The number of hydrogen-bond acceptors (Lipinski definition) is 3. The highest BCUT2D eigenvalue weighted by Gasteiger charge is 2.17. The van der Waals surface area contributed by atoms with E-state index in [9.17, 15) is 0 Å². The lowest BCUT2D eigenvalue weighted by molar-refractivity contribution is 0.207. The average molecular weight is 272 g/mol. The first-order valence-corrected chi connectivity index (χ1v) is 7.75. The number of nitrogens with one attached hydrogen (secondary N) is 1. The van der Waals surface area contributed by atoms with Crippen LogP contribution in [0.4, 0.5) is 0 Å². The van der Waals surface area contributed by atoms with Gasteiger partial charge in [0.05, 0.1) is 6.26 Å². The van der Waals surface area contributed by atoms with Crippen LogP contribution in [0.15, 0.2) is 34.9 Å². The Morgan fingerprint density at radius 2 is 2.05 bits per heavy atom. The van der Waals surface area contributed by atoms with Crippen molar-refractivity contribution in [1.82, 2.24) is 10.2 Å². The van der Waals surface area contributed by atoms with Crippen LogP contribution in [0, 0.1) is 5.92 Å². The summed E-state index contributed by atoms with van der Waals surface area (Å²) in [5, 5.41) is 4.70. The van der Waals surface area contributed by atoms with Crippen LogP contribution in [0.3, 0.4) is 0 Å². The molecule has 1 aliphatic rings. The van der Waals surface area contributed by atoms with Gasteiger partial charge in [0.25, 0.3) is 0 Å². The van der Waals surface area contributed by atoms with E-state index in [0.29, 0.717) is 0 Å². The zero-order chi connectivity index (χ0) is 13.8. The molecular weight excluding hydrogens is 248 g/mol. The van der Waals surface area contributed by atoms with Crippen LogP contribution < -0.4 is 5.32 Å². The summed E-state index contributed by atoms with van der Waals surface area (Å²) in [5.74, 6) is 0.842. The first-order chi connectivity index (χ1) is 9.86. The summed E-state index contributed by atoms with van der Waals surface area (Å²) < 4.78 is 5.65. The summed E-state index contributed by atoms with van der Waals surface area (Å²) in [6, 6.07) is 8.32. The molecule has 3 nitrogen and oxygen atoms in total. The van der Waals surface area contributed by atoms with E-state index in [1.807, 2.05) is 18.4 Å². The fourth-order valence-electron chi connectivity index (χ4n) is 3.13. The molecule has 0 bridgehead atoms. The van der Waals surface area contributed by atoms with Crippen LogP contribution in [-0.4, -0.2) is 31.1 Å². The minimum atomic E-state index is 0.842. The molecule has 1 N–H and O–H groups in total. The first kappa shape index (κ1) is 13.7. The van der Waals surface area contributed by atoms with Gasteiger partial charge in [0.15, 0.2) is 0 Å². The lowest BCUT2D eigenvalue weighted by atomic mass is 9.97. The number of nitrogens with zero attached hydrogens (tertiary/aromatic N) is 1. The van der Waals surface area contributed by atoms with E-state index in [1.54, 1.807) is 0 Å². The van der Waals surface area contributed by atoms with E-state index in [4.69, 9.17) is 4.42 Å². The number of fused-ring (bicyclic) bond motifs is 1. The Morgan fingerprint density at radius 3 is 2.85 bits per heavy atom. The summed E-state index contributed by atoms with van der Waals surface area (Å²) in [4.78, 5) is 2.55. The predicted octanol–water partition coefficient (Wildman–Crippen LogP) is 3.25. The van der Waals surface area contributed by atoms with Crippen LogP contribution in [0.2, 0.25) is 0 Å². The number of furan rings is 1. The lowest BCUT2D eigenvalue weighted by Crippen LogP contribution is -2.35. The number of rotatable bonds is 5. The highest BCUT2D eigenvalue weighted by molar-refractivity contribution is 5.80. The minimum absolute atomic E-state index is 0.842. The maximum Gasteiger partial charge on any atom is 0.134 e. The molecular formula is C17H24N2O. The van der Waals surface area contributed by atoms with Crippen molar-refractivity contribution in [2.24, 2.45) is 5.92 Å². The van der Waals surface area contributed by atoms with Crippen molar-refractivity contribution in [2.75, 3.05) is 26.2 Å². The van der Waals surface area contributed by atoms with Crippen molar-refractivity contribution in [3.8, 4) is 0 Å². The highest BCUT2D eigenvalue weighted by atomic mass is 16.3. The van der Waals surface area contributed by atoms with Crippen molar-refractivity contribution in [2.45, 2.75) is 26.3 Å². The van der Waals surface area contributed by atoms with Crippen molar-refractivity contribution < 1.29 is 4.42 Å². The Labute approximate surface area is 120 Å². The smallest absolute Gasteiger partial charge is 0.134 e. The van der Waals surface area contributed by atoms with Gasteiger partial charge in [-0.25, -0.2) is 0 Å². The highest BCUT2D eigenvalue weighted by Crippen LogP contribution is 2.23. The van der Waals surface area contributed by atoms with E-state index in [-0.39, 0.29) is 0 Å². The SMILES string of the molecule is CCN(Cc1coc2ccccc12)CC1CCNCC1. The zero-order valence-corrected chi connectivity index (χ0v) is 12.3. The van der Waals surface area contributed by atoms with Gasteiger partial charge in [-0.05, 0) is 44.5 Å². The van der Waals surface area contributed by atoms with Gasteiger partial charge in [0.2, 0.25) is 0 Å². The van der Waals surface area contributed by atoms with E-state index < -0.39 is 0 Å². The molecule has 20 heavy (non-hydrogen) atoms. The lowest BCUT2D eigenvalue weighted by Gasteiger charge is -2.29. The Balaban J connectivity index is 1.67. The maximum atomic E-state index is 5.65. The second-order valence-electron chi connectivity index (χ2n) is 5.78. The second-order valence-corrected chi connectivity index (χ2v) is 5.78. The van der Waals surface area contributed by atoms with E-state index in [2.05, 4.69) is 29.3 Å². The number of piperidine rings is 1. The van der Waals surface area contributed by atoms with Crippen LogP contribution in [0.5, 0.6) is 0 Å². The maximum absolute atomic E-state index is 5.65. The molecule has 0 aliphatic carbocycles. The Kier molecular flexibility index (Phi) is 4.38. The molecule has 1 fully saturated rings. The van der Waals surface area contributed by atoms with Gasteiger partial charge >= 0.3 is 0 Å². The van der Waals surface area contributed by atoms with Crippen LogP contribution in [0.1, 0.15) is 25.3 Å². The molecule has 0 atom stereocenters. The van der Waals surface area contributed by atoms with Crippen molar-refractivity contribution in [1.29, 1.82) is 0 Å². The zero-order valence-electron chi connectivity index (χ0n) is 12.3. The largest absolute Gasteiger partial charge is 0.464 e. The number of hydrogen-bond donors (Lipinski definition) is 1. The summed E-state index contributed by atoms with van der Waals surface area (Å²) in [6.07, 6.45) is 4.54. The Bertz CT molecular complexity index is 543. The molecule has 2 aromatic rings. The van der Waals surface area contributed by atoms with E-state index in [0.717, 1.165) is 24.6 Å². The summed E-state index contributed by atoms with van der Waals surface area (Å²) >= 11 is 0. The first-order valence-electron chi connectivity index (χ1n) is 7.75. The van der Waals surface area contributed by atoms with Gasteiger partial charge in [0, 0.05) is 24.0 Å². The Morgan fingerprint density at radius 1 is 1.25 bits per heavy atom. The average Bonchev–Trinajstić information content (AvgIpc) is 2.91. The van der Waals surface area contributed by atoms with Gasteiger partial charge in [-0.2, -0.15) is 0 Å². The normalized spacial score (nSPS) is 17.1. The molecule has 1 aliphatic heterocycles. The third-order valence-electron chi connectivity index (χ3n) is 4.38. The minimum Gasteiger partial charge on any atom is -0.464 e. The summed E-state index contributed by atoms with van der Waals surface area (Å²) in [6.45, 7) is 7.91. The standard InChI is InChI=1S/C17H24N2O/c1-2-19(11-14-7-9-18-10-8-14)12-15-13-20-17-6-4-3-5-16(15)17/h3-6,13-14,18H,2,7-12H2,1H3. The second kappa shape index (κ2) is 6.42. The third kappa shape index (κ3) is 3.05. The molecule has 0 radical (unpaired) electrons. The van der Waals surface area contributed by atoms with Crippen molar-refractivity contribution in [3.63, 3.8) is 0 Å². The molecule has 1 aromatic heterocycles. The molecule has 1 aromatic carbocycles. The topological polar surface area (TPSA) is 28.4 Å². The molecule has 2 heterocycles. The molecule has 0 amide bonds. The van der Waals surface area contributed by atoms with Gasteiger partial charge < -0.3 is 9.73 Å². The van der Waals surface area contributed by atoms with Crippen LogP contribution in [0.25, 0.3) is 11.0 Å². The molecule has 3 heteroatoms. The van der Waals surface area contributed by atoms with Gasteiger partial charge in [-0.1, -0.05) is 25.1 Å². The van der Waals surface area contributed by atoms with Gasteiger partial charge in [0.1, 0.15) is 5.58 Å². The number of para-hydroxylation sites is 1. The number of benzene rings is 1. The Hall–Kier alpha value is -1.32. The summed E-state index contributed by atoms with van der Waals surface area (Å²) in [5.41, 5.74) is 2.32. The predicted molar refractivity (Wildman–Crippen MR) is 82.8 cm³/mol. The molecule has 0 spiro atoms. The molecule has 3 rings (SSSR count). The third-order valence-corrected chi connectivity index (χ3v) is 4.38. The van der Waals surface area contributed by atoms with E-state index >= 15 is 0 Å². The monoisotopic (exact) mass is 272 g/mol. The quantitative estimate of drug-likeness (QED) is 0.905. The van der Waals surface area contributed by atoms with Crippen molar-refractivity contribution in [3.05, 3.63) is 36.1 Å². The molecule has 0 unspecified atom stereocenters. The van der Waals surface area contributed by atoms with Crippen LogP contribution in [-0.2, 0) is 6.54 Å². The van der Waals surface area contributed by atoms with Crippen molar-refractivity contribution >= 4 is 11.0 Å². The van der Waals surface area contributed by atoms with E-state index in [1.165, 1.54) is 43.4 Å². The molecule has 0 saturated carbocycles. The molecule has 108 valence electrons. The fourth-order valence-corrected chi connectivity index (χ4v) is 3.13. The summed E-state index contributed by atoms with van der Waals surface area (Å²) in [7, 11) is 0.